The molecular formula is C14H19ClN2O3. The highest BCUT2D eigenvalue weighted by Gasteiger charge is 2.35. The van der Waals surface area contributed by atoms with E-state index >= 15 is 0 Å². The second kappa shape index (κ2) is 5.87. The molecule has 0 bridgehead atoms. The van der Waals surface area contributed by atoms with Crippen LogP contribution < -0.4 is 4.74 Å². The number of rotatable bonds is 3. The largest absolute Gasteiger partial charge is 0.488 e. The topological polar surface area (TPSA) is 51.7 Å². The zero-order valence-corrected chi connectivity index (χ0v) is 12.7. The van der Waals surface area contributed by atoms with Crippen molar-refractivity contribution >= 4 is 17.7 Å². The number of hydrogen-bond donors (Lipinski definition) is 0. The van der Waals surface area contributed by atoms with E-state index < -0.39 is 5.60 Å². The lowest BCUT2D eigenvalue weighted by Gasteiger charge is -2.41. The van der Waals surface area contributed by atoms with Gasteiger partial charge in [0.25, 0.3) is 0 Å². The fraction of sp³-hybridized carbons (Fsp3) is 0.571. The van der Waals surface area contributed by atoms with Gasteiger partial charge in [-0.1, -0.05) is 11.6 Å². The molecule has 1 aromatic heterocycles. The van der Waals surface area contributed by atoms with E-state index in [9.17, 15) is 4.79 Å². The van der Waals surface area contributed by atoms with Gasteiger partial charge in [0, 0.05) is 12.7 Å². The molecule has 1 atom stereocenters. The third-order valence-corrected chi connectivity index (χ3v) is 3.21. The molecule has 2 heterocycles. The van der Waals surface area contributed by atoms with E-state index in [-0.39, 0.29) is 12.1 Å². The summed E-state index contributed by atoms with van der Waals surface area (Å²) in [5.74, 6) is 0.533. The van der Waals surface area contributed by atoms with Crippen LogP contribution in [0.2, 0.25) is 5.15 Å². The molecule has 6 heteroatoms. The van der Waals surface area contributed by atoms with Crippen molar-refractivity contribution in [3.63, 3.8) is 0 Å². The molecule has 0 aliphatic carbocycles. The molecule has 1 saturated heterocycles. The van der Waals surface area contributed by atoms with Crippen molar-refractivity contribution in [3.8, 4) is 5.75 Å². The second-order valence-electron chi connectivity index (χ2n) is 5.72. The summed E-state index contributed by atoms with van der Waals surface area (Å²) in [5.41, 5.74) is -0.481. The number of ether oxygens (including phenoxy) is 2. The Morgan fingerprint density at radius 2 is 2.30 bits per heavy atom. The normalized spacial score (nSPS) is 18.4. The van der Waals surface area contributed by atoms with Crippen LogP contribution in [0.5, 0.6) is 5.75 Å². The van der Waals surface area contributed by atoms with E-state index in [0.29, 0.717) is 24.1 Å². The number of nitrogens with zero attached hydrogens (tertiary/aromatic N) is 2. The first-order chi connectivity index (χ1) is 9.37. The number of aromatic nitrogens is 1. The fourth-order valence-corrected chi connectivity index (χ4v) is 2.01. The summed E-state index contributed by atoms with van der Waals surface area (Å²) in [4.78, 5) is 17.6. The Kier molecular flexibility index (Phi) is 4.38. The molecule has 0 radical (unpaired) electrons. The third-order valence-electron chi connectivity index (χ3n) is 2.93. The van der Waals surface area contributed by atoms with Gasteiger partial charge in [-0.05, 0) is 39.3 Å². The van der Waals surface area contributed by atoms with Gasteiger partial charge in [0.05, 0.1) is 6.04 Å². The summed E-state index contributed by atoms with van der Waals surface area (Å²) < 4.78 is 10.9. The number of halogens is 1. The van der Waals surface area contributed by atoms with E-state index in [0.717, 1.165) is 6.42 Å². The van der Waals surface area contributed by atoms with Crippen molar-refractivity contribution in [2.45, 2.75) is 38.8 Å². The Bertz CT molecular complexity index is 488. The fourth-order valence-electron chi connectivity index (χ4n) is 1.84. The monoisotopic (exact) mass is 298 g/mol. The first-order valence-corrected chi connectivity index (χ1v) is 6.97. The van der Waals surface area contributed by atoms with Gasteiger partial charge < -0.3 is 14.4 Å². The molecule has 0 aromatic carbocycles. The number of likely N-dealkylation sites (tertiary alicyclic amines) is 1. The maximum atomic E-state index is 11.9. The Hall–Kier alpha value is -1.49. The van der Waals surface area contributed by atoms with Crippen LogP contribution in [0.4, 0.5) is 4.79 Å². The van der Waals surface area contributed by atoms with Crippen molar-refractivity contribution in [2.24, 2.45) is 0 Å². The summed E-state index contributed by atoms with van der Waals surface area (Å²) in [6.45, 7) is 6.65. The van der Waals surface area contributed by atoms with Gasteiger partial charge in [-0.2, -0.15) is 0 Å². The summed E-state index contributed by atoms with van der Waals surface area (Å²) in [6, 6.07) is 3.54. The standard InChI is InChI=1S/C14H19ClN2O3/c1-14(2,3)20-13(18)17-8-6-10(17)9-19-11-5-4-7-16-12(11)15/h4-5,7,10H,6,8-9H2,1-3H3/t10-/m0/s1. The molecule has 1 amide bonds. The zero-order chi connectivity index (χ0) is 14.8. The Morgan fingerprint density at radius 1 is 1.55 bits per heavy atom. The molecule has 2 rings (SSSR count). The number of amides is 1. The highest BCUT2D eigenvalue weighted by atomic mass is 35.5. The van der Waals surface area contributed by atoms with Gasteiger partial charge in [0.2, 0.25) is 0 Å². The number of carbonyl (C=O) groups is 1. The highest BCUT2D eigenvalue weighted by molar-refractivity contribution is 6.30. The van der Waals surface area contributed by atoms with Gasteiger partial charge in [0.1, 0.15) is 12.2 Å². The molecule has 20 heavy (non-hydrogen) atoms. The van der Waals surface area contributed by atoms with Crippen molar-refractivity contribution in [1.82, 2.24) is 9.88 Å². The lowest BCUT2D eigenvalue weighted by Crippen LogP contribution is -2.55. The molecule has 5 nitrogen and oxygen atoms in total. The lowest BCUT2D eigenvalue weighted by atomic mass is 10.1. The molecule has 0 saturated carbocycles. The van der Waals surface area contributed by atoms with Gasteiger partial charge in [-0.15, -0.1) is 0 Å². The highest BCUT2D eigenvalue weighted by Crippen LogP contribution is 2.25. The first kappa shape index (κ1) is 14.9. The zero-order valence-electron chi connectivity index (χ0n) is 11.9. The summed E-state index contributed by atoms with van der Waals surface area (Å²) in [6.07, 6.45) is 2.21. The predicted octanol–water partition coefficient (Wildman–Crippen LogP) is 3.12. The van der Waals surface area contributed by atoms with E-state index in [4.69, 9.17) is 21.1 Å². The first-order valence-electron chi connectivity index (χ1n) is 6.60. The van der Waals surface area contributed by atoms with Crippen LogP contribution in [0.15, 0.2) is 18.3 Å². The quantitative estimate of drug-likeness (QED) is 0.805. The summed E-state index contributed by atoms with van der Waals surface area (Å²) in [7, 11) is 0. The van der Waals surface area contributed by atoms with Crippen LogP contribution in [0.25, 0.3) is 0 Å². The third kappa shape index (κ3) is 3.76. The van der Waals surface area contributed by atoms with Crippen LogP contribution in [-0.2, 0) is 4.74 Å². The van der Waals surface area contributed by atoms with E-state index in [1.54, 1.807) is 23.2 Å². The number of pyridine rings is 1. The predicted molar refractivity (Wildman–Crippen MR) is 76.1 cm³/mol. The van der Waals surface area contributed by atoms with Gasteiger partial charge in [0.15, 0.2) is 10.9 Å². The molecule has 110 valence electrons. The maximum absolute atomic E-state index is 11.9. The van der Waals surface area contributed by atoms with Crippen molar-refractivity contribution < 1.29 is 14.3 Å². The molecular weight excluding hydrogens is 280 g/mol. The summed E-state index contributed by atoms with van der Waals surface area (Å²) in [5, 5.41) is 0.329. The Balaban J connectivity index is 1.86. The summed E-state index contributed by atoms with van der Waals surface area (Å²) >= 11 is 5.91. The average molecular weight is 299 g/mol. The minimum absolute atomic E-state index is 0.0288. The molecule has 1 fully saturated rings. The SMILES string of the molecule is CC(C)(C)OC(=O)N1CC[C@H]1COc1cccnc1Cl. The van der Waals surface area contributed by atoms with Gasteiger partial charge in [-0.25, -0.2) is 9.78 Å². The van der Waals surface area contributed by atoms with E-state index in [1.165, 1.54) is 0 Å². The van der Waals surface area contributed by atoms with Crippen LogP contribution in [0.1, 0.15) is 27.2 Å². The van der Waals surface area contributed by atoms with Crippen molar-refractivity contribution in [2.75, 3.05) is 13.2 Å². The van der Waals surface area contributed by atoms with Crippen molar-refractivity contribution in [3.05, 3.63) is 23.5 Å². The second-order valence-corrected chi connectivity index (χ2v) is 6.08. The molecule has 0 N–H and O–H groups in total. The van der Waals surface area contributed by atoms with Crippen LogP contribution >= 0.6 is 11.6 Å². The Morgan fingerprint density at radius 3 is 2.85 bits per heavy atom. The maximum Gasteiger partial charge on any atom is 0.410 e. The number of hydrogen-bond acceptors (Lipinski definition) is 4. The average Bonchev–Trinajstić information content (AvgIpc) is 2.27. The van der Waals surface area contributed by atoms with Crippen LogP contribution in [0, 0.1) is 0 Å². The van der Waals surface area contributed by atoms with E-state index in [1.807, 2.05) is 20.8 Å². The molecule has 1 aromatic rings. The van der Waals surface area contributed by atoms with Crippen LogP contribution in [0.3, 0.4) is 0 Å². The smallest absolute Gasteiger partial charge is 0.410 e. The molecule has 0 spiro atoms. The minimum atomic E-state index is -0.481. The lowest BCUT2D eigenvalue weighted by molar-refractivity contribution is -0.0141. The minimum Gasteiger partial charge on any atom is -0.488 e. The van der Waals surface area contributed by atoms with E-state index in [2.05, 4.69) is 4.98 Å². The van der Waals surface area contributed by atoms with Crippen LogP contribution in [-0.4, -0.2) is 40.8 Å². The molecule has 1 aliphatic rings. The molecule has 0 unspecified atom stereocenters. The van der Waals surface area contributed by atoms with Crippen molar-refractivity contribution in [1.29, 1.82) is 0 Å². The molecule has 1 aliphatic heterocycles. The van der Waals surface area contributed by atoms with Gasteiger partial charge in [-0.3, -0.25) is 0 Å². The Labute approximate surface area is 123 Å². The van der Waals surface area contributed by atoms with Gasteiger partial charge >= 0.3 is 6.09 Å². The number of carbonyl (C=O) groups excluding carboxylic acids is 1.